The molecule has 108 valence electrons. The molecular formula is C16H22N2O2. The summed E-state index contributed by atoms with van der Waals surface area (Å²) >= 11 is 0. The number of ether oxygens (including phenoxy) is 1. The van der Waals surface area contributed by atoms with Gasteiger partial charge in [-0.3, -0.25) is 4.79 Å². The number of nitrogens with zero attached hydrogens (tertiary/aromatic N) is 1. The third kappa shape index (κ3) is 2.89. The predicted molar refractivity (Wildman–Crippen MR) is 79.2 cm³/mol. The van der Waals surface area contributed by atoms with Crippen LogP contribution in [0.5, 0.6) is 5.75 Å². The van der Waals surface area contributed by atoms with E-state index < -0.39 is 0 Å². The first-order chi connectivity index (χ1) is 9.84. The first-order valence-electron chi connectivity index (χ1n) is 7.61. The fourth-order valence-electron chi connectivity index (χ4n) is 2.99. The lowest BCUT2D eigenvalue weighted by molar-refractivity contribution is -0.134. The van der Waals surface area contributed by atoms with Crippen molar-refractivity contribution in [3.05, 3.63) is 23.8 Å². The Balaban J connectivity index is 1.62. The van der Waals surface area contributed by atoms with E-state index in [0.29, 0.717) is 0 Å². The molecule has 0 aromatic heterocycles. The second-order valence-corrected chi connectivity index (χ2v) is 5.54. The van der Waals surface area contributed by atoms with Crippen LogP contribution in [0.15, 0.2) is 18.2 Å². The highest BCUT2D eigenvalue weighted by molar-refractivity contribution is 5.78. The number of hydrogen-bond donors (Lipinski definition) is 1. The number of likely N-dealkylation sites (tertiary alicyclic amines) is 1. The molecule has 2 heterocycles. The molecule has 0 spiro atoms. The molecule has 2 aliphatic heterocycles. The Morgan fingerprint density at radius 1 is 1.20 bits per heavy atom. The van der Waals surface area contributed by atoms with Gasteiger partial charge in [-0.1, -0.05) is 6.07 Å². The number of carbonyl (C=O) groups excluding carboxylic acids is 1. The maximum atomic E-state index is 12.1. The van der Waals surface area contributed by atoms with Gasteiger partial charge in [-0.25, -0.2) is 0 Å². The van der Waals surface area contributed by atoms with Crippen LogP contribution in [0.3, 0.4) is 0 Å². The third-order valence-corrected chi connectivity index (χ3v) is 4.11. The van der Waals surface area contributed by atoms with Gasteiger partial charge in [0.15, 0.2) is 6.61 Å². The molecule has 1 aromatic carbocycles. The molecule has 0 bridgehead atoms. The molecule has 3 rings (SSSR count). The van der Waals surface area contributed by atoms with Gasteiger partial charge in [-0.15, -0.1) is 0 Å². The lowest BCUT2D eigenvalue weighted by Gasteiger charge is -2.27. The molecular weight excluding hydrogens is 252 g/mol. The Bertz CT molecular complexity index is 481. The zero-order valence-corrected chi connectivity index (χ0v) is 11.9. The maximum Gasteiger partial charge on any atom is 0.260 e. The normalized spacial score (nSPS) is 18.1. The highest BCUT2D eigenvalue weighted by Crippen LogP contribution is 2.30. The van der Waals surface area contributed by atoms with Gasteiger partial charge in [-0.05, 0) is 44.2 Å². The summed E-state index contributed by atoms with van der Waals surface area (Å²) in [6.45, 7) is 2.95. The van der Waals surface area contributed by atoms with Crippen molar-refractivity contribution in [1.82, 2.24) is 4.90 Å². The number of fused-ring (bicyclic) bond motifs is 1. The smallest absolute Gasteiger partial charge is 0.260 e. The number of piperidine rings is 1. The molecule has 1 aromatic rings. The number of rotatable bonds is 3. The number of hydrogen-bond acceptors (Lipinski definition) is 3. The first kappa shape index (κ1) is 13.3. The minimum Gasteiger partial charge on any atom is -0.483 e. The number of anilines is 1. The first-order valence-corrected chi connectivity index (χ1v) is 7.61. The molecule has 0 saturated carbocycles. The minimum atomic E-state index is 0.117. The van der Waals surface area contributed by atoms with Crippen LogP contribution in [0.1, 0.15) is 31.2 Å². The molecule has 4 nitrogen and oxygen atoms in total. The van der Waals surface area contributed by atoms with Gasteiger partial charge in [-0.2, -0.15) is 0 Å². The molecule has 1 fully saturated rings. The SMILES string of the molecule is O=C(COc1cccc2c1CCCN2)N1CCCCC1. The van der Waals surface area contributed by atoms with E-state index in [-0.39, 0.29) is 12.5 Å². The number of amides is 1. The highest BCUT2D eigenvalue weighted by Gasteiger charge is 2.18. The second-order valence-electron chi connectivity index (χ2n) is 5.54. The number of nitrogens with one attached hydrogen (secondary N) is 1. The lowest BCUT2D eigenvalue weighted by Crippen LogP contribution is -2.38. The van der Waals surface area contributed by atoms with Crippen LogP contribution in [0.25, 0.3) is 0 Å². The van der Waals surface area contributed by atoms with Gasteiger partial charge >= 0.3 is 0 Å². The summed E-state index contributed by atoms with van der Waals surface area (Å²) in [5.41, 5.74) is 2.37. The van der Waals surface area contributed by atoms with Crippen molar-refractivity contribution < 1.29 is 9.53 Å². The Labute approximate surface area is 120 Å². The van der Waals surface area contributed by atoms with Crippen molar-refractivity contribution in [2.24, 2.45) is 0 Å². The Morgan fingerprint density at radius 3 is 2.90 bits per heavy atom. The predicted octanol–water partition coefficient (Wildman–Crippen LogP) is 2.44. The maximum absolute atomic E-state index is 12.1. The average molecular weight is 274 g/mol. The van der Waals surface area contributed by atoms with E-state index in [2.05, 4.69) is 11.4 Å². The molecule has 4 heteroatoms. The molecule has 0 aliphatic carbocycles. The fraction of sp³-hybridized carbons (Fsp3) is 0.562. The van der Waals surface area contributed by atoms with Crippen LogP contribution in [0.2, 0.25) is 0 Å². The van der Waals surface area contributed by atoms with Gasteiger partial charge in [0.1, 0.15) is 5.75 Å². The summed E-state index contributed by atoms with van der Waals surface area (Å²) in [6.07, 6.45) is 5.62. The van der Waals surface area contributed by atoms with Gasteiger partial charge in [0, 0.05) is 30.9 Å². The van der Waals surface area contributed by atoms with Crippen LogP contribution in [0, 0.1) is 0 Å². The van der Waals surface area contributed by atoms with Crippen LogP contribution in [0.4, 0.5) is 5.69 Å². The van der Waals surface area contributed by atoms with Gasteiger partial charge in [0.2, 0.25) is 0 Å². The van der Waals surface area contributed by atoms with Crippen LogP contribution >= 0.6 is 0 Å². The largest absolute Gasteiger partial charge is 0.483 e. The minimum absolute atomic E-state index is 0.117. The van der Waals surface area contributed by atoms with Crippen molar-refractivity contribution in [3.63, 3.8) is 0 Å². The summed E-state index contributed by atoms with van der Waals surface area (Å²) in [5.74, 6) is 0.978. The second kappa shape index (κ2) is 6.16. The van der Waals surface area contributed by atoms with E-state index in [9.17, 15) is 4.79 Å². The van der Waals surface area contributed by atoms with Crippen LogP contribution in [-0.4, -0.2) is 37.0 Å². The van der Waals surface area contributed by atoms with E-state index in [1.54, 1.807) is 0 Å². The van der Waals surface area contributed by atoms with Gasteiger partial charge in [0.25, 0.3) is 5.91 Å². The monoisotopic (exact) mass is 274 g/mol. The Morgan fingerprint density at radius 2 is 2.05 bits per heavy atom. The van der Waals surface area contributed by atoms with E-state index in [1.165, 1.54) is 12.0 Å². The Hall–Kier alpha value is -1.71. The van der Waals surface area contributed by atoms with E-state index in [0.717, 1.165) is 56.8 Å². The topological polar surface area (TPSA) is 41.6 Å². The van der Waals surface area contributed by atoms with Crippen LogP contribution < -0.4 is 10.1 Å². The number of carbonyl (C=O) groups is 1. The molecule has 1 saturated heterocycles. The fourth-order valence-corrected chi connectivity index (χ4v) is 2.99. The standard InChI is InChI=1S/C16H22N2O2/c19-16(18-10-2-1-3-11-18)12-20-15-8-4-7-14-13(15)6-5-9-17-14/h4,7-8,17H,1-3,5-6,9-12H2. The molecule has 1 N–H and O–H groups in total. The molecule has 0 unspecified atom stereocenters. The highest BCUT2D eigenvalue weighted by atomic mass is 16.5. The van der Waals surface area contributed by atoms with Crippen molar-refractivity contribution >= 4 is 11.6 Å². The van der Waals surface area contributed by atoms with Crippen molar-refractivity contribution in [2.45, 2.75) is 32.1 Å². The molecule has 1 amide bonds. The zero-order chi connectivity index (χ0) is 13.8. The number of benzene rings is 1. The average Bonchev–Trinajstić information content (AvgIpc) is 2.53. The zero-order valence-electron chi connectivity index (χ0n) is 11.9. The molecule has 2 aliphatic rings. The van der Waals surface area contributed by atoms with Gasteiger partial charge in [0.05, 0.1) is 0 Å². The summed E-state index contributed by atoms with van der Waals surface area (Å²) < 4.78 is 5.79. The molecule has 20 heavy (non-hydrogen) atoms. The van der Waals surface area contributed by atoms with Crippen LogP contribution in [-0.2, 0) is 11.2 Å². The summed E-state index contributed by atoms with van der Waals surface area (Å²) in [4.78, 5) is 14.1. The summed E-state index contributed by atoms with van der Waals surface area (Å²) in [7, 11) is 0. The summed E-state index contributed by atoms with van der Waals surface area (Å²) in [6, 6.07) is 6.03. The van der Waals surface area contributed by atoms with E-state index in [4.69, 9.17) is 4.74 Å². The van der Waals surface area contributed by atoms with E-state index >= 15 is 0 Å². The van der Waals surface area contributed by atoms with Crippen molar-refractivity contribution in [3.8, 4) is 5.75 Å². The molecule has 0 radical (unpaired) electrons. The third-order valence-electron chi connectivity index (χ3n) is 4.11. The quantitative estimate of drug-likeness (QED) is 0.920. The van der Waals surface area contributed by atoms with Gasteiger partial charge < -0.3 is 15.0 Å². The summed E-state index contributed by atoms with van der Waals surface area (Å²) in [5, 5.41) is 3.38. The lowest BCUT2D eigenvalue weighted by atomic mass is 10.0. The van der Waals surface area contributed by atoms with Crippen molar-refractivity contribution in [1.29, 1.82) is 0 Å². The van der Waals surface area contributed by atoms with E-state index in [1.807, 2.05) is 17.0 Å². The Kier molecular flexibility index (Phi) is 4.09. The molecule has 0 atom stereocenters. The van der Waals surface area contributed by atoms with Crippen molar-refractivity contribution in [2.75, 3.05) is 31.6 Å².